The lowest BCUT2D eigenvalue weighted by atomic mass is 10.1. The van der Waals surface area contributed by atoms with Crippen LogP contribution >= 0.6 is 12.2 Å². The normalized spacial score (nSPS) is 20.6. The Morgan fingerprint density at radius 3 is 2.56 bits per heavy atom. The zero-order valence-corrected chi connectivity index (χ0v) is 12.2. The van der Waals surface area contributed by atoms with Gasteiger partial charge in [0.05, 0.1) is 11.3 Å². The average Bonchev–Trinajstić information content (AvgIpc) is 2.87. The highest BCUT2D eigenvalue weighted by Crippen LogP contribution is 2.51. The van der Waals surface area contributed by atoms with Crippen molar-refractivity contribution in [3.05, 3.63) is 16.8 Å². The predicted octanol–water partition coefficient (Wildman–Crippen LogP) is 2.19. The van der Waals surface area contributed by atoms with Crippen molar-refractivity contribution in [2.75, 3.05) is 11.9 Å². The molecular formula is C13H20N4S. The van der Waals surface area contributed by atoms with E-state index < -0.39 is 0 Å². The molecule has 1 aliphatic rings. The molecule has 4 nitrogen and oxygen atoms in total. The molecule has 0 spiro atoms. The molecule has 1 heterocycles. The van der Waals surface area contributed by atoms with Crippen molar-refractivity contribution in [3.63, 3.8) is 0 Å². The lowest BCUT2D eigenvalue weighted by molar-refractivity contribution is 0.572. The summed E-state index contributed by atoms with van der Waals surface area (Å²) in [5.74, 6) is 1.41. The molecule has 1 fully saturated rings. The molecule has 1 aliphatic carbocycles. The molecule has 1 aromatic rings. The quantitative estimate of drug-likeness (QED) is 0.816. The third-order valence-electron chi connectivity index (χ3n) is 3.93. The number of aromatic nitrogens is 2. The van der Waals surface area contributed by atoms with Crippen LogP contribution in [-0.4, -0.2) is 21.7 Å². The van der Waals surface area contributed by atoms with Crippen molar-refractivity contribution in [2.24, 2.45) is 17.1 Å². The fraction of sp³-hybridized carbons (Fsp3) is 0.615. The fourth-order valence-corrected chi connectivity index (χ4v) is 2.43. The molecule has 0 radical (unpaired) electrons. The summed E-state index contributed by atoms with van der Waals surface area (Å²) in [6.07, 6.45) is 1.25. The molecule has 0 bridgehead atoms. The van der Waals surface area contributed by atoms with Gasteiger partial charge in [-0.3, -0.25) is 0 Å². The first kappa shape index (κ1) is 13.2. The van der Waals surface area contributed by atoms with Crippen LogP contribution in [0.15, 0.2) is 0 Å². The van der Waals surface area contributed by atoms with Gasteiger partial charge in [0.2, 0.25) is 0 Å². The summed E-state index contributed by atoms with van der Waals surface area (Å²) in [6, 6.07) is 0. The van der Waals surface area contributed by atoms with Gasteiger partial charge in [-0.15, -0.1) is 5.10 Å². The van der Waals surface area contributed by atoms with E-state index in [1.807, 2.05) is 13.8 Å². The summed E-state index contributed by atoms with van der Waals surface area (Å²) in [6.45, 7) is 9.35. The second-order valence-corrected chi connectivity index (χ2v) is 6.21. The Balaban J connectivity index is 2.17. The first-order chi connectivity index (χ1) is 8.33. The molecule has 3 N–H and O–H groups in total. The summed E-state index contributed by atoms with van der Waals surface area (Å²) in [4.78, 5) is 0.378. The van der Waals surface area contributed by atoms with E-state index in [0.29, 0.717) is 22.1 Å². The first-order valence-corrected chi connectivity index (χ1v) is 6.61. The van der Waals surface area contributed by atoms with Crippen LogP contribution in [0.25, 0.3) is 0 Å². The third-order valence-corrected chi connectivity index (χ3v) is 4.14. The second kappa shape index (κ2) is 4.46. The second-order valence-electron chi connectivity index (χ2n) is 5.77. The number of nitrogens with two attached hydrogens (primary N) is 1. The van der Waals surface area contributed by atoms with Crippen LogP contribution in [0.5, 0.6) is 0 Å². The maximum absolute atomic E-state index is 5.78. The van der Waals surface area contributed by atoms with Gasteiger partial charge in [-0.05, 0) is 37.2 Å². The van der Waals surface area contributed by atoms with Crippen LogP contribution in [0, 0.1) is 25.2 Å². The van der Waals surface area contributed by atoms with E-state index in [2.05, 4.69) is 29.4 Å². The molecule has 0 amide bonds. The van der Waals surface area contributed by atoms with E-state index >= 15 is 0 Å². The highest BCUT2D eigenvalue weighted by Gasteiger charge is 2.45. The Morgan fingerprint density at radius 2 is 2.06 bits per heavy atom. The van der Waals surface area contributed by atoms with Gasteiger partial charge in [-0.1, -0.05) is 26.1 Å². The van der Waals surface area contributed by atoms with Gasteiger partial charge in [0.15, 0.2) is 5.82 Å². The van der Waals surface area contributed by atoms with Crippen molar-refractivity contribution in [1.82, 2.24) is 10.2 Å². The lowest BCUT2D eigenvalue weighted by Gasteiger charge is -2.13. The predicted molar refractivity (Wildman–Crippen MR) is 77.8 cm³/mol. The van der Waals surface area contributed by atoms with Gasteiger partial charge in [-0.25, -0.2) is 0 Å². The summed E-state index contributed by atoms with van der Waals surface area (Å²) in [5, 5.41) is 11.6. The first-order valence-electron chi connectivity index (χ1n) is 6.20. The molecule has 0 aromatic carbocycles. The zero-order chi connectivity index (χ0) is 13.5. The molecule has 1 saturated carbocycles. The minimum Gasteiger partial charge on any atom is -0.389 e. The van der Waals surface area contributed by atoms with E-state index in [4.69, 9.17) is 18.0 Å². The maximum atomic E-state index is 5.78. The van der Waals surface area contributed by atoms with E-state index in [0.717, 1.165) is 23.4 Å². The van der Waals surface area contributed by atoms with E-state index in [9.17, 15) is 0 Å². The zero-order valence-electron chi connectivity index (χ0n) is 11.4. The van der Waals surface area contributed by atoms with Crippen LogP contribution in [-0.2, 0) is 0 Å². The highest BCUT2D eigenvalue weighted by atomic mass is 32.1. The van der Waals surface area contributed by atoms with Crippen LogP contribution in [0.2, 0.25) is 0 Å². The lowest BCUT2D eigenvalue weighted by Crippen LogP contribution is -2.19. The number of anilines is 1. The SMILES string of the molecule is Cc1nnc(NCC2CC2(C)C)c(C(N)=S)c1C. The van der Waals surface area contributed by atoms with E-state index in [1.165, 1.54) is 6.42 Å². The standard InChI is InChI=1S/C13H20N4S/c1-7-8(2)16-17-12(10(7)11(14)18)15-6-9-5-13(9,3)4/h9H,5-6H2,1-4H3,(H2,14,18)(H,15,17). The smallest absolute Gasteiger partial charge is 0.159 e. The molecule has 1 aromatic heterocycles. The maximum Gasteiger partial charge on any atom is 0.159 e. The van der Waals surface area contributed by atoms with E-state index in [-0.39, 0.29) is 0 Å². The van der Waals surface area contributed by atoms with Gasteiger partial charge >= 0.3 is 0 Å². The van der Waals surface area contributed by atoms with Crippen LogP contribution in [0.1, 0.15) is 37.1 Å². The molecule has 1 unspecified atom stereocenters. The van der Waals surface area contributed by atoms with Crippen LogP contribution in [0.4, 0.5) is 5.82 Å². The Hall–Kier alpha value is -1.23. The van der Waals surface area contributed by atoms with Crippen molar-refractivity contribution >= 4 is 23.0 Å². The molecule has 0 aliphatic heterocycles. The summed E-state index contributed by atoms with van der Waals surface area (Å²) >= 11 is 5.11. The topological polar surface area (TPSA) is 63.8 Å². The summed E-state index contributed by atoms with van der Waals surface area (Å²) in [7, 11) is 0. The van der Waals surface area contributed by atoms with Gasteiger partial charge in [-0.2, -0.15) is 5.10 Å². The number of hydrogen-bond acceptors (Lipinski definition) is 4. The van der Waals surface area contributed by atoms with Crippen molar-refractivity contribution in [2.45, 2.75) is 34.1 Å². The number of aryl methyl sites for hydroxylation is 1. The summed E-state index contributed by atoms with van der Waals surface area (Å²) < 4.78 is 0. The molecule has 1 atom stereocenters. The fourth-order valence-electron chi connectivity index (χ4n) is 2.18. The molecule has 2 rings (SSSR count). The third kappa shape index (κ3) is 2.46. The van der Waals surface area contributed by atoms with Crippen molar-refractivity contribution in [1.29, 1.82) is 0 Å². The van der Waals surface area contributed by atoms with Crippen LogP contribution in [0.3, 0.4) is 0 Å². The Morgan fingerprint density at radius 1 is 1.44 bits per heavy atom. The average molecular weight is 264 g/mol. The Kier molecular flexibility index (Phi) is 3.27. The number of thiocarbonyl (C=S) groups is 1. The molecule has 98 valence electrons. The monoisotopic (exact) mass is 264 g/mol. The highest BCUT2D eigenvalue weighted by molar-refractivity contribution is 7.80. The van der Waals surface area contributed by atoms with Gasteiger partial charge < -0.3 is 11.1 Å². The van der Waals surface area contributed by atoms with Gasteiger partial charge in [0.1, 0.15) is 4.99 Å². The van der Waals surface area contributed by atoms with Gasteiger partial charge in [0.25, 0.3) is 0 Å². The Bertz CT molecular complexity index is 496. The minimum atomic E-state index is 0.378. The molecule has 0 saturated heterocycles. The van der Waals surface area contributed by atoms with Crippen LogP contribution < -0.4 is 11.1 Å². The minimum absolute atomic E-state index is 0.378. The summed E-state index contributed by atoms with van der Waals surface area (Å²) in [5.41, 5.74) is 8.94. The Labute approximate surface area is 113 Å². The van der Waals surface area contributed by atoms with Gasteiger partial charge in [0, 0.05) is 6.54 Å². The number of nitrogens with one attached hydrogen (secondary N) is 1. The molecule has 18 heavy (non-hydrogen) atoms. The van der Waals surface area contributed by atoms with Crippen molar-refractivity contribution < 1.29 is 0 Å². The number of hydrogen-bond donors (Lipinski definition) is 2. The molecule has 5 heteroatoms. The molecular weight excluding hydrogens is 244 g/mol. The largest absolute Gasteiger partial charge is 0.389 e. The number of nitrogens with zero attached hydrogens (tertiary/aromatic N) is 2. The van der Waals surface area contributed by atoms with E-state index in [1.54, 1.807) is 0 Å². The van der Waals surface area contributed by atoms with Crippen molar-refractivity contribution in [3.8, 4) is 0 Å². The number of rotatable bonds is 4.